The fourth-order valence-corrected chi connectivity index (χ4v) is 6.73. The highest BCUT2D eigenvalue weighted by molar-refractivity contribution is 6.31. The lowest BCUT2D eigenvalue weighted by Gasteiger charge is -2.34. The first-order chi connectivity index (χ1) is 18.4. The molecular formula is C29H31ClN4O4. The van der Waals surface area contributed by atoms with Crippen LogP contribution in [0.15, 0.2) is 54.9 Å². The molecule has 9 heteroatoms. The highest BCUT2D eigenvalue weighted by Crippen LogP contribution is 2.55. The van der Waals surface area contributed by atoms with E-state index in [-0.39, 0.29) is 30.3 Å². The lowest BCUT2D eigenvalue weighted by Crippen LogP contribution is -2.56. The van der Waals surface area contributed by atoms with Gasteiger partial charge in [-0.05, 0) is 49.1 Å². The fourth-order valence-electron chi connectivity index (χ4n) is 6.55. The Morgan fingerprint density at radius 1 is 1.18 bits per heavy atom. The molecule has 6 rings (SSSR count). The number of halogens is 1. The van der Waals surface area contributed by atoms with Gasteiger partial charge in [0, 0.05) is 35.7 Å². The molecule has 1 spiro atoms. The molecule has 1 aromatic heterocycles. The van der Waals surface area contributed by atoms with Gasteiger partial charge >= 0.3 is 0 Å². The molecule has 198 valence electrons. The molecule has 2 aromatic rings. The van der Waals surface area contributed by atoms with Gasteiger partial charge in [-0.2, -0.15) is 0 Å². The minimum Gasteiger partial charge on any atom is -0.359 e. The van der Waals surface area contributed by atoms with E-state index in [9.17, 15) is 14.4 Å². The fraction of sp³-hybridized carbons (Fsp3) is 0.448. The Hall–Kier alpha value is -3.23. The van der Waals surface area contributed by atoms with Crippen LogP contribution in [0, 0.1) is 18.8 Å². The molecule has 1 saturated carbocycles. The highest BCUT2D eigenvalue weighted by Gasteiger charge is 2.72. The molecule has 0 radical (unpaired) electrons. The van der Waals surface area contributed by atoms with E-state index in [2.05, 4.69) is 15.6 Å². The summed E-state index contributed by atoms with van der Waals surface area (Å²) in [4.78, 5) is 47.3. The summed E-state index contributed by atoms with van der Waals surface area (Å²) in [5.41, 5.74) is 1.06. The summed E-state index contributed by atoms with van der Waals surface area (Å²) in [6.07, 6.45) is 11.6. The zero-order valence-electron chi connectivity index (χ0n) is 21.2. The van der Waals surface area contributed by atoms with Crippen LogP contribution in [0.5, 0.6) is 0 Å². The van der Waals surface area contributed by atoms with Crippen molar-refractivity contribution in [3.8, 4) is 0 Å². The first-order valence-corrected chi connectivity index (χ1v) is 13.7. The maximum atomic E-state index is 14.1. The first kappa shape index (κ1) is 25.1. The van der Waals surface area contributed by atoms with Crippen molar-refractivity contribution in [1.82, 2.24) is 15.2 Å². The van der Waals surface area contributed by atoms with E-state index < -0.39 is 29.6 Å². The third-order valence-electron chi connectivity index (χ3n) is 8.39. The van der Waals surface area contributed by atoms with E-state index in [4.69, 9.17) is 16.3 Å². The first-order valence-electron chi connectivity index (χ1n) is 13.3. The van der Waals surface area contributed by atoms with Gasteiger partial charge in [-0.25, -0.2) is 0 Å². The Morgan fingerprint density at radius 2 is 2.00 bits per heavy atom. The number of anilines is 1. The Kier molecular flexibility index (Phi) is 6.48. The number of pyridine rings is 1. The van der Waals surface area contributed by atoms with Gasteiger partial charge in [-0.3, -0.25) is 19.4 Å². The number of benzene rings is 1. The van der Waals surface area contributed by atoms with Crippen molar-refractivity contribution in [2.24, 2.45) is 11.8 Å². The largest absolute Gasteiger partial charge is 0.359 e. The summed E-state index contributed by atoms with van der Waals surface area (Å²) in [5.74, 6) is -2.39. The smallest absolute Gasteiger partial charge is 0.246 e. The molecule has 3 aliphatic heterocycles. The molecule has 4 heterocycles. The number of nitrogens with one attached hydrogen (secondary N) is 2. The van der Waals surface area contributed by atoms with E-state index in [1.165, 1.54) is 6.42 Å². The van der Waals surface area contributed by atoms with Crippen LogP contribution >= 0.6 is 11.6 Å². The molecule has 8 nitrogen and oxygen atoms in total. The average molecular weight is 535 g/mol. The summed E-state index contributed by atoms with van der Waals surface area (Å²) in [6, 6.07) is 8.19. The standard InChI is InChI=1S/C29H31ClN4O4/c1-17-9-10-20(14-21(17)30)33-26(35)23-22-11-12-29(38-22)24(23)28(37)34(16-18-6-5-13-31-15-18)25(29)27(36)32-19-7-3-2-4-8-19/h5-6,9-15,19,22-25H,2-4,7-8,16H2,1H3,(H,32,36)(H,33,35). The molecule has 1 aromatic carbocycles. The van der Waals surface area contributed by atoms with E-state index in [0.29, 0.717) is 10.7 Å². The number of carbonyl (C=O) groups excluding carboxylic acids is 3. The number of carbonyl (C=O) groups is 3. The van der Waals surface area contributed by atoms with Crippen molar-refractivity contribution in [3.63, 3.8) is 0 Å². The van der Waals surface area contributed by atoms with Crippen LogP contribution in [0.1, 0.15) is 43.2 Å². The van der Waals surface area contributed by atoms with E-state index in [0.717, 1.165) is 36.8 Å². The number of hydrogen-bond acceptors (Lipinski definition) is 5. The lowest BCUT2D eigenvalue weighted by atomic mass is 9.74. The van der Waals surface area contributed by atoms with Gasteiger partial charge in [-0.15, -0.1) is 0 Å². The maximum Gasteiger partial charge on any atom is 0.246 e. The van der Waals surface area contributed by atoms with Crippen molar-refractivity contribution in [2.45, 2.75) is 69.4 Å². The lowest BCUT2D eigenvalue weighted by molar-refractivity contribution is -0.142. The monoisotopic (exact) mass is 534 g/mol. The predicted molar refractivity (Wildman–Crippen MR) is 142 cm³/mol. The molecule has 5 atom stereocenters. The molecule has 2 saturated heterocycles. The van der Waals surface area contributed by atoms with Gasteiger partial charge in [0.05, 0.1) is 17.9 Å². The Bertz CT molecular complexity index is 1290. The minimum absolute atomic E-state index is 0.0787. The van der Waals surface area contributed by atoms with Crippen LogP contribution in [0.25, 0.3) is 0 Å². The van der Waals surface area contributed by atoms with Gasteiger partial charge in [0.2, 0.25) is 17.7 Å². The quantitative estimate of drug-likeness (QED) is 0.549. The predicted octanol–water partition coefficient (Wildman–Crippen LogP) is 3.78. The van der Waals surface area contributed by atoms with Crippen molar-refractivity contribution in [2.75, 3.05) is 5.32 Å². The third-order valence-corrected chi connectivity index (χ3v) is 8.80. The van der Waals surface area contributed by atoms with E-state index >= 15 is 0 Å². The number of likely N-dealkylation sites (tertiary alicyclic amines) is 1. The van der Waals surface area contributed by atoms with Crippen molar-refractivity contribution < 1.29 is 19.1 Å². The molecule has 38 heavy (non-hydrogen) atoms. The van der Waals surface area contributed by atoms with Gasteiger partial charge in [0.1, 0.15) is 11.6 Å². The van der Waals surface area contributed by atoms with Crippen LogP contribution < -0.4 is 10.6 Å². The maximum absolute atomic E-state index is 14.1. The highest BCUT2D eigenvalue weighted by atomic mass is 35.5. The summed E-state index contributed by atoms with van der Waals surface area (Å²) in [6.45, 7) is 2.09. The molecule has 2 N–H and O–H groups in total. The zero-order valence-corrected chi connectivity index (χ0v) is 22.0. The molecule has 3 fully saturated rings. The van der Waals surface area contributed by atoms with Gasteiger partial charge < -0.3 is 20.3 Å². The number of rotatable bonds is 6. The van der Waals surface area contributed by atoms with Crippen molar-refractivity contribution in [1.29, 1.82) is 0 Å². The summed E-state index contributed by atoms with van der Waals surface area (Å²) < 4.78 is 6.42. The second kappa shape index (κ2) is 9.82. The number of hydrogen-bond donors (Lipinski definition) is 2. The summed E-state index contributed by atoms with van der Waals surface area (Å²) in [5, 5.41) is 6.67. The minimum atomic E-state index is -1.20. The van der Waals surface area contributed by atoms with Crippen LogP contribution in [0.4, 0.5) is 5.69 Å². The topological polar surface area (TPSA) is 101 Å². The number of ether oxygens (including phenoxy) is 1. The second-order valence-corrected chi connectivity index (χ2v) is 11.2. The SMILES string of the molecule is Cc1ccc(NC(=O)C2C3C=CC4(O3)C2C(=O)N(Cc2cccnc2)C4C(=O)NC2CCCCC2)cc1Cl. The Labute approximate surface area is 226 Å². The molecule has 5 unspecified atom stereocenters. The van der Waals surface area contributed by atoms with Crippen LogP contribution in [0.2, 0.25) is 5.02 Å². The molecule has 4 aliphatic rings. The number of nitrogens with zero attached hydrogens (tertiary/aromatic N) is 2. The van der Waals surface area contributed by atoms with Gasteiger partial charge in [0.25, 0.3) is 0 Å². The Balaban J connectivity index is 1.32. The van der Waals surface area contributed by atoms with Crippen molar-refractivity contribution >= 4 is 35.0 Å². The number of amides is 3. The average Bonchev–Trinajstić information content (AvgIpc) is 3.55. The third kappa shape index (κ3) is 4.20. The summed E-state index contributed by atoms with van der Waals surface area (Å²) >= 11 is 6.26. The normalized spacial score (nSPS) is 29.9. The van der Waals surface area contributed by atoms with Crippen LogP contribution in [-0.4, -0.2) is 51.4 Å². The van der Waals surface area contributed by atoms with Crippen LogP contribution in [0.3, 0.4) is 0 Å². The second-order valence-electron chi connectivity index (χ2n) is 10.8. The summed E-state index contributed by atoms with van der Waals surface area (Å²) in [7, 11) is 0. The van der Waals surface area contributed by atoms with Crippen LogP contribution in [-0.2, 0) is 25.7 Å². The van der Waals surface area contributed by atoms with Gasteiger partial charge in [0.15, 0.2) is 0 Å². The number of aryl methyl sites for hydroxylation is 1. The van der Waals surface area contributed by atoms with E-state index in [1.807, 2.05) is 31.2 Å². The van der Waals surface area contributed by atoms with Gasteiger partial charge in [-0.1, -0.05) is 55.1 Å². The molecule has 1 aliphatic carbocycles. The zero-order chi connectivity index (χ0) is 26.4. The van der Waals surface area contributed by atoms with Crippen molar-refractivity contribution in [3.05, 3.63) is 71.0 Å². The molecule has 3 amide bonds. The number of fused-ring (bicyclic) bond motifs is 1. The molecular weight excluding hydrogens is 504 g/mol. The molecule has 2 bridgehead atoms. The van der Waals surface area contributed by atoms with E-state index in [1.54, 1.807) is 35.5 Å². The Morgan fingerprint density at radius 3 is 2.74 bits per heavy atom. The number of aromatic nitrogens is 1.